The first-order valence-corrected chi connectivity index (χ1v) is 4.88. The van der Waals surface area contributed by atoms with E-state index in [4.69, 9.17) is 10.5 Å². The molecule has 0 aromatic carbocycles. The molecule has 1 atom stereocenters. The van der Waals surface area contributed by atoms with E-state index in [-0.39, 0.29) is 5.97 Å². The highest BCUT2D eigenvalue weighted by Crippen LogP contribution is 2.26. The number of hydrogen-bond acceptors (Lipinski definition) is 4. The molecule has 1 aromatic rings. The first-order chi connectivity index (χ1) is 5.59. The van der Waals surface area contributed by atoms with Gasteiger partial charge in [-0.15, -0.1) is 11.3 Å². The molecular formula is C7H8BrNO2S. The van der Waals surface area contributed by atoms with Crippen LogP contribution in [0.2, 0.25) is 0 Å². The summed E-state index contributed by atoms with van der Waals surface area (Å²) in [6, 6.07) is 3.69. The second kappa shape index (κ2) is 4.02. The third-order valence-corrected chi connectivity index (χ3v) is 2.85. The van der Waals surface area contributed by atoms with Crippen LogP contribution in [0.25, 0.3) is 0 Å². The average Bonchev–Trinajstić information content (AvgIpc) is 2.34. The maximum atomic E-state index is 10.5. The van der Waals surface area contributed by atoms with Gasteiger partial charge in [0.2, 0.25) is 0 Å². The van der Waals surface area contributed by atoms with Gasteiger partial charge in [0, 0.05) is 6.92 Å². The Labute approximate surface area is 82.6 Å². The molecule has 0 saturated heterocycles. The Morgan fingerprint density at radius 1 is 1.75 bits per heavy atom. The van der Waals surface area contributed by atoms with Crippen molar-refractivity contribution in [1.29, 1.82) is 0 Å². The molecule has 0 aliphatic carbocycles. The van der Waals surface area contributed by atoms with Crippen LogP contribution in [0.5, 0.6) is 0 Å². The Morgan fingerprint density at radius 2 is 2.42 bits per heavy atom. The van der Waals surface area contributed by atoms with E-state index in [0.29, 0.717) is 0 Å². The Bertz CT molecular complexity index is 287. The smallest absolute Gasteiger partial charge is 0.304 e. The third kappa shape index (κ3) is 2.58. The van der Waals surface area contributed by atoms with E-state index in [0.717, 1.165) is 8.66 Å². The molecule has 0 aliphatic heterocycles. The van der Waals surface area contributed by atoms with E-state index in [9.17, 15) is 4.79 Å². The number of rotatable bonds is 2. The van der Waals surface area contributed by atoms with Crippen molar-refractivity contribution in [2.75, 3.05) is 0 Å². The predicted octanol–water partition coefficient (Wildman–Crippen LogP) is 2.03. The number of nitrogens with two attached hydrogens (primary N) is 1. The van der Waals surface area contributed by atoms with Gasteiger partial charge in [-0.1, -0.05) is 0 Å². The van der Waals surface area contributed by atoms with E-state index in [1.807, 2.05) is 12.1 Å². The first kappa shape index (κ1) is 9.70. The molecule has 1 aromatic heterocycles. The largest absolute Gasteiger partial charge is 0.442 e. The van der Waals surface area contributed by atoms with Crippen molar-refractivity contribution in [1.82, 2.24) is 0 Å². The maximum absolute atomic E-state index is 10.5. The third-order valence-electron chi connectivity index (χ3n) is 1.17. The van der Waals surface area contributed by atoms with Crippen molar-refractivity contribution in [3.05, 3.63) is 20.8 Å². The van der Waals surface area contributed by atoms with E-state index in [2.05, 4.69) is 15.9 Å². The van der Waals surface area contributed by atoms with Gasteiger partial charge in [0.25, 0.3) is 0 Å². The fraction of sp³-hybridized carbons (Fsp3) is 0.286. The summed E-state index contributed by atoms with van der Waals surface area (Å²) in [6.45, 7) is 1.34. The number of carbonyl (C=O) groups excluding carboxylic acids is 1. The van der Waals surface area contributed by atoms with Gasteiger partial charge in [0.15, 0.2) is 6.23 Å². The normalized spacial score (nSPS) is 12.6. The number of hydrogen-bond donors (Lipinski definition) is 1. The van der Waals surface area contributed by atoms with Gasteiger partial charge in [0.05, 0.1) is 8.66 Å². The van der Waals surface area contributed by atoms with Crippen LogP contribution in [-0.2, 0) is 9.53 Å². The summed E-state index contributed by atoms with van der Waals surface area (Å²) in [6.07, 6.45) is -0.640. The second-order valence-corrected chi connectivity index (χ2v) is 4.67. The highest BCUT2D eigenvalue weighted by Gasteiger charge is 2.10. The maximum Gasteiger partial charge on any atom is 0.304 e. The predicted molar refractivity (Wildman–Crippen MR) is 50.7 cm³/mol. The highest BCUT2D eigenvalue weighted by atomic mass is 79.9. The summed E-state index contributed by atoms with van der Waals surface area (Å²) in [7, 11) is 0. The average molecular weight is 250 g/mol. The van der Waals surface area contributed by atoms with Gasteiger partial charge in [-0.2, -0.15) is 0 Å². The van der Waals surface area contributed by atoms with E-state index >= 15 is 0 Å². The Hall–Kier alpha value is -0.390. The van der Waals surface area contributed by atoms with Crippen molar-refractivity contribution >= 4 is 33.2 Å². The number of carbonyl (C=O) groups is 1. The van der Waals surface area contributed by atoms with E-state index < -0.39 is 6.23 Å². The molecule has 3 nitrogen and oxygen atoms in total. The topological polar surface area (TPSA) is 52.3 Å². The minimum absolute atomic E-state index is 0.368. The summed E-state index contributed by atoms with van der Waals surface area (Å²) in [4.78, 5) is 11.4. The molecule has 0 amide bonds. The van der Waals surface area contributed by atoms with Crippen LogP contribution in [0.15, 0.2) is 15.9 Å². The van der Waals surface area contributed by atoms with Gasteiger partial charge >= 0.3 is 5.97 Å². The number of esters is 1. The molecule has 0 radical (unpaired) electrons. The van der Waals surface area contributed by atoms with Crippen LogP contribution in [0.1, 0.15) is 18.0 Å². The van der Waals surface area contributed by atoms with Crippen molar-refractivity contribution in [3.63, 3.8) is 0 Å². The van der Waals surface area contributed by atoms with Crippen LogP contribution >= 0.6 is 27.3 Å². The summed E-state index contributed by atoms with van der Waals surface area (Å²) in [5.74, 6) is -0.368. The van der Waals surface area contributed by atoms with Gasteiger partial charge in [-0.25, -0.2) is 0 Å². The lowest BCUT2D eigenvalue weighted by atomic mass is 10.4. The second-order valence-electron chi connectivity index (χ2n) is 2.17. The molecule has 5 heteroatoms. The lowest BCUT2D eigenvalue weighted by Gasteiger charge is -2.08. The van der Waals surface area contributed by atoms with Crippen LogP contribution in [-0.4, -0.2) is 5.97 Å². The molecule has 1 heterocycles. The van der Waals surface area contributed by atoms with Gasteiger partial charge < -0.3 is 4.74 Å². The Morgan fingerprint density at radius 3 is 2.83 bits per heavy atom. The SMILES string of the molecule is CC(=O)OC(N)c1ccc(Br)s1. The zero-order valence-corrected chi connectivity index (χ0v) is 8.81. The van der Waals surface area contributed by atoms with Crippen LogP contribution in [0.3, 0.4) is 0 Å². The molecule has 0 bridgehead atoms. The zero-order valence-electron chi connectivity index (χ0n) is 6.41. The van der Waals surface area contributed by atoms with Crippen LogP contribution in [0.4, 0.5) is 0 Å². The summed E-state index contributed by atoms with van der Waals surface area (Å²) in [5, 5.41) is 0. The van der Waals surface area contributed by atoms with Gasteiger partial charge in [-0.05, 0) is 28.1 Å². The molecule has 12 heavy (non-hydrogen) atoms. The molecular weight excluding hydrogens is 242 g/mol. The standard InChI is InChI=1S/C7H8BrNO2S/c1-4(10)11-7(9)5-2-3-6(8)12-5/h2-3,7H,9H2,1H3. The Kier molecular flexibility index (Phi) is 3.25. The van der Waals surface area contributed by atoms with Crippen molar-refractivity contribution in [2.24, 2.45) is 5.73 Å². The summed E-state index contributed by atoms with van der Waals surface area (Å²) < 4.78 is 5.75. The monoisotopic (exact) mass is 249 g/mol. The van der Waals surface area contributed by atoms with E-state index in [1.165, 1.54) is 18.3 Å². The molecule has 0 aliphatic rings. The van der Waals surface area contributed by atoms with Gasteiger partial charge in [-0.3, -0.25) is 10.5 Å². The minimum Gasteiger partial charge on any atom is -0.442 e. The van der Waals surface area contributed by atoms with Crippen LogP contribution < -0.4 is 5.73 Å². The number of thiophene rings is 1. The van der Waals surface area contributed by atoms with E-state index in [1.54, 1.807) is 0 Å². The molecule has 66 valence electrons. The number of halogens is 1. The minimum atomic E-state index is -0.640. The molecule has 0 fully saturated rings. The molecule has 1 unspecified atom stereocenters. The van der Waals surface area contributed by atoms with Crippen LogP contribution in [0, 0.1) is 0 Å². The number of ether oxygens (including phenoxy) is 1. The lowest BCUT2D eigenvalue weighted by Crippen LogP contribution is -2.15. The Balaban J connectivity index is 2.64. The fourth-order valence-corrected chi connectivity index (χ4v) is 2.07. The summed E-state index contributed by atoms with van der Waals surface area (Å²) >= 11 is 4.74. The summed E-state index contributed by atoms with van der Waals surface area (Å²) in [5.41, 5.74) is 5.56. The van der Waals surface area contributed by atoms with Gasteiger partial charge in [0.1, 0.15) is 0 Å². The lowest BCUT2D eigenvalue weighted by molar-refractivity contribution is -0.146. The molecule has 0 saturated carbocycles. The highest BCUT2D eigenvalue weighted by molar-refractivity contribution is 9.11. The van der Waals surface area contributed by atoms with Crippen molar-refractivity contribution in [3.8, 4) is 0 Å². The first-order valence-electron chi connectivity index (χ1n) is 3.27. The quantitative estimate of drug-likeness (QED) is 0.645. The fourth-order valence-electron chi connectivity index (χ4n) is 0.718. The zero-order chi connectivity index (χ0) is 9.14. The molecule has 1 rings (SSSR count). The molecule has 0 spiro atoms. The molecule has 2 N–H and O–H groups in total. The van der Waals surface area contributed by atoms with Crippen molar-refractivity contribution in [2.45, 2.75) is 13.2 Å². The van der Waals surface area contributed by atoms with Crippen molar-refractivity contribution < 1.29 is 9.53 Å².